The Kier molecular flexibility index (Phi) is 12.6. The molecule has 1 radical (unpaired) electrons. The molecule has 5 nitrogen and oxygen atoms in total. The van der Waals surface area contributed by atoms with Crippen LogP contribution in [-0.2, 0) is 47.0 Å². The summed E-state index contributed by atoms with van der Waals surface area (Å²) in [7, 11) is 5.64. The number of ether oxygens (including phenoxy) is 1. The van der Waals surface area contributed by atoms with Gasteiger partial charge < -0.3 is 26.5 Å². The molecule has 17 heavy (non-hydrogen) atoms. The third-order valence-electron chi connectivity index (χ3n) is 1.60. The van der Waals surface area contributed by atoms with Crippen molar-refractivity contribution >= 4 is 11.9 Å². The fraction of sp³-hybridized carbons (Fsp3) is 0.545. The molecule has 0 bridgehead atoms. The first-order valence-corrected chi connectivity index (χ1v) is 4.58. The van der Waals surface area contributed by atoms with E-state index in [0.29, 0.717) is 11.0 Å². The number of carbonyl (C=O) groups is 2. The Hall–Kier alpha value is -0.256. The van der Waals surface area contributed by atoms with Crippen LogP contribution < -0.4 is 5.11 Å². The summed E-state index contributed by atoms with van der Waals surface area (Å²) in [5.74, 6) is -1.85. The summed E-state index contributed by atoms with van der Waals surface area (Å²) in [4.78, 5) is 21.4. The average molecular weight is 319 g/mol. The number of aliphatic carboxylic acids is 1. The van der Waals surface area contributed by atoms with Crippen LogP contribution in [-0.4, -0.2) is 50.2 Å². The fourth-order valence-electron chi connectivity index (χ4n) is 1.15. The van der Waals surface area contributed by atoms with E-state index >= 15 is 0 Å². The van der Waals surface area contributed by atoms with Crippen LogP contribution in [0.3, 0.4) is 0 Å². The second-order valence-electron chi connectivity index (χ2n) is 4.31. The summed E-state index contributed by atoms with van der Waals surface area (Å²) in [5.41, 5.74) is 0. The standard InChI is InChI=1S/C10H17NO4.CH3.Y/c1-5-10(14)15-8(6-9(12)13)7-11(2,3)4;;/h5,8H,1,6-7H2,2-4H3;1H3;/q;-1;. The molecular weight excluding hydrogens is 299 g/mol. The Morgan fingerprint density at radius 1 is 1.41 bits per heavy atom. The zero-order valence-electron chi connectivity index (χ0n) is 10.9. The topological polar surface area (TPSA) is 66.4 Å². The normalized spacial score (nSPS) is 11.5. The van der Waals surface area contributed by atoms with Crippen LogP contribution in [0, 0.1) is 7.43 Å². The van der Waals surface area contributed by atoms with E-state index < -0.39 is 18.0 Å². The van der Waals surface area contributed by atoms with Crippen molar-refractivity contribution in [1.82, 2.24) is 0 Å². The number of rotatable bonds is 6. The van der Waals surface area contributed by atoms with Gasteiger partial charge in [0.15, 0.2) is 6.10 Å². The maximum absolute atomic E-state index is 10.9. The Labute approximate surface area is 128 Å². The van der Waals surface area contributed by atoms with Crippen molar-refractivity contribution in [2.24, 2.45) is 0 Å². The SMILES string of the molecule is C=CC(=O)OC(CC(=O)[O-])C[N+](C)(C)C.[CH3-].[Y]. The van der Waals surface area contributed by atoms with E-state index in [4.69, 9.17) is 4.74 Å². The summed E-state index contributed by atoms with van der Waals surface area (Å²) >= 11 is 0. The van der Waals surface area contributed by atoms with E-state index in [9.17, 15) is 14.7 Å². The minimum atomic E-state index is -1.23. The second-order valence-corrected chi connectivity index (χ2v) is 4.31. The monoisotopic (exact) mass is 319 g/mol. The molecule has 0 heterocycles. The van der Waals surface area contributed by atoms with Crippen molar-refractivity contribution in [2.45, 2.75) is 12.5 Å². The Morgan fingerprint density at radius 2 is 1.88 bits per heavy atom. The third kappa shape index (κ3) is 13.7. The molecule has 0 saturated heterocycles. The van der Waals surface area contributed by atoms with Crippen molar-refractivity contribution in [1.29, 1.82) is 0 Å². The van der Waals surface area contributed by atoms with Crippen LogP contribution in [0.1, 0.15) is 6.42 Å². The van der Waals surface area contributed by atoms with Gasteiger partial charge in [0.25, 0.3) is 0 Å². The number of hydrogen-bond donors (Lipinski definition) is 0. The van der Waals surface area contributed by atoms with Gasteiger partial charge in [0, 0.05) is 51.2 Å². The molecule has 0 N–H and O–H groups in total. The van der Waals surface area contributed by atoms with Gasteiger partial charge in [-0.1, -0.05) is 6.58 Å². The van der Waals surface area contributed by atoms with E-state index in [1.54, 1.807) is 0 Å². The van der Waals surface area contributed by atoms with Crippen LogP contribution in [0.15, 0.2) is 12.7 Å². The first kappa shape index (κ1) is 22.0. The van der Waals surface area contributed by atoms with E-state index in [1.165, 1.54) is 0 Å². The molecule has 0 aromatic heterocycles. The Bertz CT molecular complexity index is 261. The van der Waals surface area contributed by atoms with Gasteiger partial charge in [0.2, 0.25) is 0 Å². The molecule has 0 spiro atoms. The Balaban J connectivity index is -0.000000980. The first-order chi connectivity index (χ1) is 6.74. The molecule has 6 heteroatoms. The zero-order chi connectivity index (χ0) is 12.1. The van der Waals surface area contributed by atoms with Gasteiger partial charge >= 0.3 is 5.97 Å². The summed E-state index contributed by atoms with van der Waals surface area (Å²) in [6.45, 7) is 3.66. The van der Waals surface area contributed by atoms with Gasteiger partial charge in [0.05, 0.1) is 21.1 Å². The molecule has 0 aliphatic rings. The van der Waals surface area contributed by atoms with Crippen molar-refractivity contribution in [3.63, 3.8) is 0 Å². The summed E-state index contributed by atoms with van der Waals surface area (Å²) in [6, 6.07) is 0. The minimum absolute atomic E-state index is 0. The minimum Gasteiger partial charge on any atom is -0.550 e. The van der Waals surface area contributed by atoms with E-state index in [0.717, 1.165) is 6.08 Å². The summed E-state index contributed by atoms with van der Waals surface area (Å²) in [6.07, 6.45) is 0.0352. The molecule has 0 aliphatic carbocycles. The van der Waals surface area contributed by atoms with Crippen molar-refractivity contribution < 1.29 is 56.6 Å². The summed E-state index contributed by atoms with van der Waals surface area (Å²) < 4.78 is 5.40. The number of quaternary nitrogens is 1. The molecule has 0 aromatic carbocycles. The molecule has 1 atom stereocenters. The smallest absolute Gasteiger partial charge is 0.330 e. The van der Waals surface area contributed by atoms with Crippen LogP contribution >= 0.6 is 0 Å². The molecule has 1 unspecified atom stereocenters. The molecule has 97 valence electrons. The zero-order valence-corrected chi connectivity index (χ0v) is 13.8. The van der Waals surface area contributed by atoms with E-state index in [2.05, 4.69) is 6.58 Å². The number of carboxylic acid groups (broad SMARTS) is 1. The van der Waals surface area contributed by atoms with Crippen molar-refractivity contribution in [2.75, 3.05) is 27.7 Å². The molecular formula is C11H20NO4Y-. The van der Waals surface area contributed by atoms with Crippen LogP contribution in [0.5, 0.6) is 0 Å². The van der Waals surface area contributed by atoms with E-state index in [1.807, 2.05) is 21.1 Å². The number of hydrogen-bond acceptors (Lipinski definition) is 4. The molecule has 0 rings (SSSR count). The predicted molar refractivity (Wildman–Crippen MR) is 59.0 cm³/mol. The van der Waals surface area contributed by atoms with Gasteiger partial charge in [-0.15, -0.1) is 0 Å². The molecule has 0 fully saturated rings. The maximum atomic E-state index is 10.9. The van der Waals surface area contributed by atoms with Gasteiger partial charge in [-0.2, -0.15) is 0 Å². The number of esters is 1. The molecule has 0 saturated carbocycles. The van der Waals surface area contributed by atoms with Crippen LogP contribution in [0.25, 0.3) is 0 Å². The largest absolute Gasteiger partial charge is 0.550 e. The van der Waals surface area contributed by atoms with Gasteiger partial charge in [-0.05, 0) is 0 Å². The van der Waals surface area contributed by atoms with Crippen LogP contribution in [0.4, 0.5) is 0 Å². The average Bonchev–Trinajstić information content (AvgIpc) is 1.99. The van der Waals surface area contributed by atoms with Crippen molar-refractivity contribution in [3.8, 4) is 0 Å². The fourth-order valence-corrected chi connectivity index (χ4v) is 1.15. The van der Waals surface area contributed by atoms with Gasteiger partial charge in [0.1, 0.15) is 6.54 Å². The molecule has 0 aliphatic heterocycles. The van der Waals surface area contributed by atoms with Gasteiger partial charge in [-0.25, -0.2) is 4.79 Å². The molecule has 0 aromatic rings. The van der Waals surface area contributed by atoms with E-state index in [-0.39, 0.29) is 46.6 Å². The van der Waals surface area contributed by atoms with Gasteiger partial charge in [-0.3, -0.25) is 0 Å². The number of carbonyl (C=O) groups excluding carboxylic acids is 2. The third-order valence-corrected chi connectivity index (χ3v) is 1.60. The van der Waals surface area contributed by atoms with Crippen molar-refractivity contribution in [3.05, 3.63) is 20.1 Å². The Morgan fingerprint density at radius 3 is 2.18 bits per heavy atom. The molecule has 0 amide bonds. The quantitative estimate of drug-likeness (QED) is 0.283. The second kappa shape index (κ2) is 9.74. The first-order valence-electron chi connectivity index (χ1n) is 4.58. The number of nitrogens with zero attached hydrogens (tertiary/aromatic N) is 1. The maximum Gasteiger partial charge on any atom is 0.330 e. The summed E-state index contributed by atoms with van der Waals surface area (Å²) in [5, 5.41) is 10.4. The number of likely N-dealkylation sites (N-methyl/N-ethyl adjacent to an activating group) is 1. The number of carboxylic acids is 1. The van der Waals surface area contributed by atoms with Crippen LogP contribution in [0.2, 0.25) is 0 Å². The predicted octanol–water partition coefficient (Wildman–Crippen LogP) is -0.622.